The average Bonchev–Trinajstić information content (AvgIpc) is 2.30. The van der Waals surface area contributed by atoms with Gasteiger partial charge in [-0.05, 0) is 0 Å². The summed E-state index contributed by atoms with van der Waals surface area (Å²) in [5.41, 5.74) is 0. The first-order valence-electron chi connectivity index (χ1n) is 4.50. The number of benzene rings is 1. The Balaban J connectivity index is 3.25. The van der Waals surface area contributed by atoms with Gasteiger partial charge in [-0.3, -0.25) is 0 Å². The molecular weight excluding hydrogens is 259 g/mol. The molecule has 0 N–H and O–H groups in total. The van der Waals surface area contributed by atoms with Gasteiger partial charge in [0.25, 0.3) is 0 Å². The van der Waals surface area contributed by atoms with Gasteiger partial charge in [0.1, 0.15) is 0 Å². The quantitative estimate of drug-likeness (QED) is 0.838. The first kappa shape index (κ1) is 12.1. The van der Waals surface area contributed by atoms with Crippen LogP contribution in [0.25, 0.3) is 0 Å². The molecule has 1 rings (SSSR count). The first-order valence-corrected chi connectivity index (χ1v) is 11.2. The van der Waals surface area contributed by atoms with E-state index in [-0.39, 0.29) is 0 Å². The van der Waals surface area contributed by atoms with E-state index in [4.69, 9.17) is 8.44 Å². The summed E-state index contributed by atoms with van der Waals surface area (Å²) in [4.78, 5) is 0. The maximum atomic E-state index is 5.58. The van der Waals surface area contributed by atoms with Crippen LogP contribution in [0.4, 0.5) is 0 Å². The number of hydrogen-bond acceptors (Lipinski definition) is 3. The molecule has 0 aliphatic carbocycles. The van der Waals surface area contributed by atoms with Gasteiger partial charge < -0.3 is 0 Å². The molecule has 0 spiro atoms. The van der Waals surface area contributed by atoms with E-state index < -0.39 is 20.1 Å². The van der Waals surface area contributed by atoms with Crippen LogP contribution in [0.15, 0.2) is 30.3 Å². The van der Waals surface area contributed by atoms with Crippen molar-refractivity contribution in [3.8, 4) is 0 Å². The van der Waals surface area contributed by atoms with E-state index in [1.165, 1.54) is 0 Å². The van der Waals surface area contributed by atoms with E-state index in [1.807, 2.05) is 35.0 Å². The van der Waals surface area contributed by atoms with Crippen molar-refractivity contribution in [1.29, 1.82) is 0 Å². The van der Waals surface area contributed by atoms with Gasteiger partial charge in [-0.2, -0.15) is 0 Å². The molecular formula is C10H17O3Zr. The minimum absolute atomic E-state index is 1.03. The summed E-state index contributed by atoms with van der Waals surface area (Å²) in [6, 6.07) is 9.86. The van der Waals surface area contributed by atoms with Crippen LogP contribution >= 0.6 is 0 Å². The fourth-order valence-corrected chi connectivity index (χ4v) is 6.68. The van der Waals surface area contributed by atoms with Crippen molar-refractivity contribution in [3.63, 3.8) is 0 Å². The van der Waals surface area contributed by atoms with E-state index in [0.29, 0.717) is 0 Å². The third kappa shape index (κ3) is 1.85. The van der Waals surface area contributed by atoms with E-state index in [1.54, 1.807) is 21.3 Å². The monoisotopic (exact) mass is 275 g/mol. The summed E-state index contributed by atoms with van der Waals surface area (Å²) in [5, 5.41) is 0. The topological polar surface area (TPSA) is 27.7 Å². The molecule has 0 aliphatic rings. The maximum absolute atomic E-state index is 5.58. The van der Waals surface area contributed by atoms with Gasteiger partial charge >= 0.3 is 88.1 Å². The van der Waals surface area contributed by atoms with Crippen molar-refractivity contribution in [3.05, 3.63) is 30.3 Å². The Bertz CT molecular complexity index is 284. The van der Waals surface area contributed by atoms with Crippen molar-refractivity contribution in [1.82, 2.24) is 0 Å². The number of rotatable bonds is 4. The Morgan fingerprint density at radius 2 is 1.29 bits per heavy atom. The molecule has 0 fully saturated rings. The summed E-state index contributed by atoms with van der Waals surface area (Å²) in [5.74, 6) is 0. The normalized spacial score (nSPS) is 14.7. The number of hydrogen-bond donors (Lipinski definition) is 0. The van der Waals surface area contributed by atoms with Gasteiger partial charge in [0, 0.05) is 0 Å². The van der Waals surface area contributed by atoms with E-state index in [9.17, 15) is 0 Å². The molecule has 1 aromatic carbocycles. The van der Waals surface area contributed by atoms with Gasteiger partial charge in [-0.25, -0.2) is 0 Å². The van der Waals surface area contributed by atoms with Gasteiger partial charge in [0.15, 0.2) is 0 Å². The Morgan fingerprint density at radius 3 is 1.64 bits per heavy atom. The van der Waals surface area contributed by atoms with Gasteiger partial charge in [0.05, 0.1) is 0 Å². The van der Waals surface area contributed by atoms with Gasteiger partial charge in [-0.1, -0.05) is 0 Å². The van der Waals surface area contributed by atoms with Crippen LogP contribution in [0.5, 0.6) is 0 Å². The molecule has 3 nitrogen and oxygen atoms in total. The van der Waals surface area contributed by atoms with Crippen molar-refractivity contribution >= 4 is 3.27 Å². The first-order chi connectivity index (χ1) is 6.59. The Labute approximate surface area is 88.0 Å². The third-order valence-electron chi connectivity index (χ3n) is 2.83. The van der Waals surface area contributed by atoms with Crippen molar-refractivity contribution in [2.45, 2.75) is 4.63 Å². The molecule has 0 aromatic heterocycles. The third-order valence-corrected chi connectivity index (χ3v) is 13.8. The zero-order chi connectivity index (χ0) is 10.7. The fourth-order valence-electron chi connectivity index (χ4n) is 1.41. The standard InChI is InChI=1S/C6H5.3CH3O.CH3.Zr/c1-2-4-6-5-3-1;3*1-2;;/h1-5H;3*1H3;1H3;/q;3*-1;;+3. The van der Waals surface area contributed by atoms with Crippen LogP contribution < -0.4 is 3.27 Å². The fraction of sp³-hybridized carbons (Fsp3) is 0.400. The molecule has 0 atom stereocenters. The summed E-state index contributed by atoms with van der Waals surface area (Å²) < 4.78 is 19.7. The molecule has 0 amide bonds. The summed E-state index contributed by atoms with van der Waals surface area (Å²) in [7, 11) is 4.93. The van der Waals surface area contributed by atoms with Crippen LogP contribution in [0.1, 0.15) is 0 Å². The molecule has 0 aliphatic heterocycles. The van der Waals surface area contributed by atoms with Crippen LogP contribution in [-0.4, -0.2) is 21.3 Å². The van der Waals surface area contributed by atoms with Crippen LogP contribution in [0.3, 0.4) is 0 Å². The van der Waals surface area contributed by atoms with Gasteiger partial charge in [0.2, 0.25) is 0 Å². The predicted octanol–water partition coefficient (Wildman–Crippen LogP) is 1.73. The zero-order valence-corrected chi connectivity index (χ0v) is 11.6. The SMILES string of the molecule is C[O][Zr]([CH3])([O]C)([O]C)[c]1ccccc1. The van der Waals surface area contributed by atoms with E-state index >= 15 is 0 Å². The van der Waals surface area contributed by atoms with Crippen molar-refractivity contribution in [2.24, 2.45) is 0 Å². The zero-order valence-electron chi connectivity index (χ0n) is 9.11. The molecule has 79 valence electrons. The molecule has 0 heterocycles. The van der Waals surface area contributed by atoms with Crippen LogP contribution in [0.2, 0.25) is 4.63 Å². The summed E-state index contributed by atoms with van der Waals surface area (Å²) in [6.45, 7) is 0. The Hall–Kier alpha value is -0.0169. The summed E-state index contributed by atoms with van der Waals surface area (Å²) in [6.07, 6.45) is 0. The predicted molar refractivity (Wildman–Crippen MR) is 53.0 cm³/mol. The molecule has 14 heavy (non-hydrogen) atoms. The second-order valence-corrected chi connectivity index (χ2v) is 14.8. The minimum atomic E-state index is -4.01. The van der Waals surface area contributed by atoms with Gasteiger partial charge in [-0.15, -0.1) is 0 Å². The average molecular weight is 276 g/mol. The van der Waals surface area contributed by atoms with Crippen LogP contribution in [0, 0.1) is 0 Å². The second-order valence-electron chi connectivity index (χ2n) is 3.40. The van der Waals surface area contributed by atoms with E-state index in [2.05, 4.69) is 0 Å². The molecule has 0 saturated heterocycles. The van der Waals surface area contributed by atoms with E-state index in [0.717, 1.165) is 3.27 Å². The Kier molecular flexibility index (Phi) is 3.65. The second kappa shape index (κ2) is 4.23. The molecule has 0 saturated carbocycles. The molecule has 0 unspecified atom stereocenters. The Morgan fingerprint density at radius 1 is 0.857 bits per heavy atom. The van der Waals surface area contributed by atoms with Crippen molar-refractivity contribution in [2.75, 3.05) is 21.3 Å². The van der Waals surface area contributed by atoms with Crippen LogP contribution in [-0.2, 0) is 28.5 Å². The molecule has 0 bridgehead atoms. The molecule has 4 heteroatoms. The van der Waals surface area contributed by atoms with Crippen molar-refractivity contribution < 1.29 is 28.5 Å². The molecule has 1 aromatic rings. The summed E-state index contributed by atoms with van der Waals surface area (Å²) >= 11 is -4.01. The molecule has 0 radical (unpaired) electrons.